The first-order valence-corrected chi connectivity index (χ1v) is 12.1. The summed E-state index contributed by atoms with van der Waals surface area (Å²) in [7, 11) is -0.551. The average molecular weight is 485 g/mol. The van der Waals surface area contributed by atoms with E-state index in [-0.39, 0.29) is 16.7 Å². The van der Waals surface area contributed by atoms with Crippen molar-refractivity contribution in [2.75, 3.05) is 24.4 Å². The molecule has 0 aliphatic rings. The maximum absolute atomic E-state index is 14.2. The average Bonchev–Trinajstić information content (AvgIpc) is 3.20. The molecular formula is C23H25FN6O3S. The topological polar surface area (TPSA) is 113 Å². The molecule has 0 bridgehead atoms. The number of rotatable bonds is 7. The summed E-state index contributed by atoms with van der Waals surface area (Å²) in [4.78, 5) is 10.3. The second-order valence-corrected chi connectivity index (χ2v) is 10.4. The number of halogens is 1. The number of aromatic amines is 1. The summed E-state index contributed by atoms with van der Waals surface area (Å²) >= 11 is 0. The minimum atomic E-state index is -3.59. The second kappa shape index (κ2) is 8.90. The van der Waals surface area contributed by atoms with Gasteiger partial charge in [-0.2, -0.15) is 10.1 Å². The van der Waals surface area contributed by atoms with Crippen LogP contribution in [0.1, 0.15) is 19.5 Å². The van der Waals surface area contributed by atoms with Crippen molar-refractivity contribution in [1.82, 2.24) is 20.2 Å². The Morgan fingerprint density at radius 3 is 2.62 bits per heavy atom. The van der Waals surface area contributed by atoms with Crippen LogP contribution in [0.4, 0.5) is 27.5 Å². The van der Waals surface area contributed by atoms with E-state index >= 15 is 0 Å². The predicted octanol–water partition coefficient (Wildman–Crippen LogP) is 4.50. The van der Waals surface area contributed by atoms with Crippen LogP contribution >= 0.6 is 0 Å². The van der Waals surface area contributed by atoms with Crippen molar-refractivity contribution in [2.45, 2.75) is 30.9 Å². The Kier molecular flexibility index (Phi) is 6.13. The van der Waals surface area contributed by atoms with Crippen LogP contribution in [0.3, 0.4) is 0 Å². The van der Waals surface area contributed by atoms with Crippen LogP contribution in [0, 0.1) is 12.7 Å². The van der Waals surface area contributed by atoms with Gasteiger partial charge in [0, 0.05) is 18.1 Å². The van der Waals surface area contributed by atoms with E-state index in [0.717, 1.165) is 17.3 Å². The smallest absolute Gasteiger partial charge is 0.236 e. The number of methoxy groups -OCH3 is 1. The second-order valence-electron chi connectivity index (χ2n) is 7.93. The summed E-state index contributed by atoms with van der Waals surface area (Å²) in [5, 5.41) is 10.3. The van der Waals surface area contributed by atoms with Gasteiger partial charge in [0.05, 0.1) is 40.3 Å². The lowest BCUT2D eigenvalue weighted by atomic mass is 10.1. The molecule has 2 N–H and O–H groups in total. The number of aryl methyl sites for hydroxylation is 1. The molecule has 2 heterocycles. The summed E-state index contributed by atoms with van der Waals surface area (Å²) in [6.07, 6.45) is 1.06. The zero-order valence-electron chi connectivity index (χ0n) is 19.4. The first-order chi connectivity index (χ1) is 16.2. The van der Waals surface area contributed by atoms with Gasteiger partial charge in [0.2, 0.25) is 5.95 Å². The van der Waals surface area contributed by atoms with E-state index in [2.05, 4.69) is 25.5 Å². The molecule has 0 radical (unpaired) electrons. The highest BCUT2D eigenvalue weighted by molar-refractivity contribution is 7.92. The molecule has 4 rings (SSSR count). The van der Waals surface area contributed by atoms with Crippen LogP contribution < -0.4 is 15.0 Å². The molecule has 0 aliphatic carbocycles. The van der Waals surface area contributed by atoms with Crippen LogP contribution in [0.25, 0.3) is 10.9 Å². The van der Waals surface area contributed by atoms with Crippen molar-refractivity contribution in [3.05, 3.63) is 54.1 Å². The molecule has 0 aliphatic heterocycles. The van der Waals surface area contributed by atoms with Crippen molar-refractivity contribution in [3.63, 3.8) is 0 Å². The number of hydrogen-bond donors (Lipinski definition) is 2. The number of nitrogens with zero attached hydrogens (tertiary/aromatic N) is 4. The summed E-state index contributed by atoms with van der Waals surface area (Å²) in [6, 6.07) is 10.1. The number of ether oxygens (including phenoxy) is 1. The molecule has 0 fully saturated rings. The standard InChI is InChI=1S/C23H25FN6O3S/c1-13(2)34(31,32)16-7-9-21(33-5)20(11-16)30(23-26-12-18(24)22(25-4)27-23)15-6-8-17-14(3)28-29-19(17)10-15/h6-13H,1-5H3,(H,28,29)(H,25,26,27). The number of sulfone groups is 1. The molecule has 0 amide bonds. The van der Waals surface area contributed by atoms with E-state index in [1.807, 2.05) is 25.1 Å². The monoisotopic (exact) mass is 484 g/mol. The quantitative estimate of drug-likeness (QED) is 0.394. The van der Waals surface area contributed by atoms with E-state index in [4.69, 9.17) is 4.74 Å². The SMILES string of the molecule is CNc1nc(N(c2ccc3c(C)[nH]nc3c2)c2cc(S(=O)(=O)C(C)C)ccc2OC)ncc1F. The summed E-state index contributed by atoms with van der Waals surface area (Å²) in [6.45, 7) is 5.15. The maximum atomic E-state index is 14.2. The number of fused-ring (bicyclic) bond motifs is 1. The Bertz CT molecular complexity index is 1470. The van der Waals surface area contributed by atoms with Crippen molar-refractivity contribution in [3.8, 4) is 5.75 Å². The van der Waals surface area contributed by atoms with Gasteiger partial charge in [-0.3, -0.25) is 10.00 Å². The molecule has 11 heteroatoms. The minimum Gasteiger partial charge on any atom is -0.495 e. The van der Waals surface area contributed by atoms with Crippen molar-refractivity contribution >= 4 is 43.9 Å². The molecule has 0 saturated heterocycles. The van der Waals surface area contributed by atoms with Gasteiger partial charge in [0.1, 0.15) is 5.75 Å². The molecule has 4 aromatic rings. The Balaban J connectivity index is 2.01. The Hall–Kier alpha value is -3.73. The highest BCUT2D eigenvalue weighted by Crippen LogP contribution is 2.41. The molecule has 0 saturated carbocycles. The first-order valence-electron chi connectivity index (χ1n) is 10.5. The van der Waals surface area contributed by atoms with Crippen molar-refractivity contribution in [2.24, 2.45) is 0 Å². The van der Waals surface area contributed by atoms with Crippen molar-refractivity contribution < 1.29 is 17.5 Å². The zero-order valence-corrected chi connectivity index (χ0v) is 20.2. The number of nitrogens with one attached hydrogen (secondary N) is 2. The maximum Gasteiger partial charge on any atom is 0.236 e. The van der Waals surface area contributed by atoms with Gasteiger partial charge in [0.25, 0.3) is 0 Å². The van der Waals surface area contributed by atoms with Crippen LogP contribution in [0.5, 0.6) is 5.75 Å². The molecule has 2 aromatic carbocycles. The van der Waals surface area contributed by atoms with E-state index in [9.17, 15) is 12.8 Å². The Morgan fingerprint density at radius 1 is 1.18 bits per heavy atom. The normalized spacial score (nSPS) is 11.7. The highest BCUT2D eigenvalue weighted by Gasteiger charge is 2.26. The molecule has 9 nitrogen and oxygen atoms in total. The third kappa shape index (κ3) is 4.03. The summed E-state index contributed by atoms with van der Waals surface area (Å²) in [5.74, 6) is -0.112. The number of hydrogen-bond acceptors (Lipinski definition) is 8. The molecular weight excluding hydrogens is 459 g/mol. The van der Waals surface area contributed by atoms with E-state index in [1.54, 1.807) is 31.9 Å². The number of benzene rings is 2. The minimum absolute atomic E-state index is 0.00313. The first kappa shape index (κ1) is 23.4. The lowest BCUT2D eigenvalue weighted by molar-refractivity contribution is 0.415. The van der Waals surface area contributed by atoms with Crippen LogP contribution in [0.2, 0.25) is 0 Å². The Morgan fingerprint density at radius 2 is 1.94 bits per heavy atom. The number of aromatic nitrogens is 4. The van der Waals surface area contributed by atoms with Gasteiger partial charge >= 0.3 is 0 Å². The third-order valence-electron chi connectivity index (χ3n) is 5.50. The molecule has 0 spiro atoms. The Labute approximate surface area is 196 Å². The fourth-order valence-electron chi connectivity index (χ4n) is 3.57. The molecule has 34 heavy (non-hydrogen) atoms. The van der Waals surface area contributed by atoms with Gasteiger partial charge in [-0.05, 0) is 57.2 Å². The van der Waals surface area contributed by atoms with Crippen molar-refractivity contribution in [1.29, 1.82) is 0 Å². The van der Waals surface area contributed by atoms with E-state index in [1.165, 1.54) is 19.2 Å². The fraction of sp³-hybridized carbons (Fsp3) is 0.261. The molecule has 0 unspecified atom stereocenters. The molecule has 178 valence electrons. The lowest BCUT2D eigenvalue weighted by Crippen LogP contribution is -2.18. The van der Waals surface area contributed by atoms with Gasteiger partial charge in [0.15, 0.2) is 21.5 Å². The fourth-order valence-corrected chi connectivity index (χ4v) is 4.65. The molecule has 0 atom stereocenters. The highest BCUT2D eigenvalue weighted by atomic mass is 32.2. The number of H-pyrrole nitrogens is 1. The van der Waals surface area contributed by atoms with Crippen LogP contribution in [-0.2, 0) is 9.84 Å². The van der Waals surface area contributed by atoms with Gasteiger partial charge in [-0.25, -0.2) is 17.8 Å². The largest absolute Gasteiger partial charge is 0.495 e. The van der Waals surface area contributed by atoms with Gasteiger partial charge in [-0.15, -0.1) is 0 Å². The lowest BCUT2D eigenvalue weighted by Gasteiger charge is -2.26. The summed E-state index contributed by atoms with van der Waals surface area (Å²) in [5.41, 5.74) is 2.57. The van der Waals surface area contributed by atoms with Crippen LogP contribution in [-0.4, -0.2) is 48.0 Å². The molecule has 2 aromatic heterocycles. The zero-order chi connectivity index (χ0) is 24.6. The van der Waals surface area contributed by atoms with Gasteiger partial charge < -0.3 is 10.1 Å². The number of anilines is 4. The van der Waals surface area contributed by atoms with E-state index < -0.39 is 20.9 Å². The predicted molar refractivity (Wildman–Crippen MR) is 129 cm³/mol. The van der Waals surface area contributed by atoms with Gasteiger partial charge in [-0.1, -0.05) is 0 Å². The third-order valence-corrected chi connectivity index (χ3v) is 7.65. The van der Waals surface area contributed by atoms with E-state index in [0.29, 0.717) is 22.6 Å². The van der Waals surface area contributed by atoms with Crippen LogP contribution in [0.15, 0.2) is 47.5 Å². The summed E-state index contributed by atoms with van der Waals surface area (Å²) < 4.78 is 45.6.